The molecule has 0 aromatic heterocycles. The topological polar surface area (TPSA) is 58.2 Å². The first-order chi connectivity index (χ1) is 9.36. The van der Waals surface area contributed by atoms with Crippen LogP contribution >= 0.6 is 0 Å². The molecule has 1 atom stereocenters. The van der Waals surface area contributed by atoms with Crippen LogP contribution in [0, 0.1) is 11.8 Å². The van der Waals surface area contributed by atoms with Crippen LogP contribution in [0.4, 0.5) is 0 Å². The van der Waals surface area contributed by atoms with Crippen LogP contribution in [0.5, 0.6) is 0 Å². The molecule has 114 valence electrons. The molecule has 0 aromatic carbocycles. The summed E-state index contributed by atoms with van der Waals surface area (Å²) in [6.07, 6.45) is 4.96. The molecule has 0 aliphatic rings. The molecule has 20 heavy (non-hydrogen) atoms. The first-order valence-corrected chi connectivity index (χ1v) is 7.22. The zero-order valence-corrected chi connectivity index (χ0v) is 13.2. The number of amides is 2. The highest BCUT2D eigenvalue weighted by Gasteiger charge is 2.06. The summed E-state index contributed by atoms with van der Waals surface area (Å²) in [4.78, 5) is 22.7. The van der Waals surface area contributed by atoms with E-state index in [1.54, 1.807) is 0 Å². The number of nitrogens with one attached hydrogen (secondary N) is 2. The maximum absolute atomic E-state index is 11.8. The second-order valence-corrected chi connectivity index (χ2v) is 5.62. The fourth-order valence-corrected chi connectivity index (χ4v) is 1.54. The van der Waals surface area contributed by atoms with Crippen LogP contribution < -0.4 is 10.6 Å². The highest BCUT2D eigenvalue weighted by molar-refractivity contribution is 5.92. The minimum absolute atomic E-state index is 0.00543. The van der Waals surface area contributed by atoms with E-state index in [1.807, 2.05) is 13.0 Å². The van der Waals surface area contributed by atoms with Crippen LogP contribution in [0.3, 0.4) is 0 Å². The Kier molecular flexibility index (Phi) is 9.43. The normalized spacial score (nSPS) is 12.9. The first kappa shape index (κ1) is 18.4. The SMILES string of the molecule is C=CC(=O)NCCC(C)C/C=C(\C)C(=O)NCC(C)C. The summed E-state index contributed by atoms with van der Waals surface area (Å²) in [7, 11) is 0. The van der Waals surface area contributed by atoms with Crippen LogP contribution in [-0.4, -0.2) is 24.9 Å². The highest BCUT2D eigenvalue weighted by atomic mass is 16.2. The Morgan fingerprint density at radius 2 is 1.85 bits per heavy atom. The van der Waals surface area contributed by atoms with Crippen molar-refractivity contribution in [2.24, 2.45) is 11.8 Å². The Labute approximate surface area is 122 Å². The van der Waals surface area contributed by atoms with Crippen molar-refractivity contribution in [3.05, 3.63) is 24.3 Å². The molecule has 4 heteroatoms. The second kappa shape index (κ2) is 10.2. The van der Waals surface area contributed by atoms with Gasteiger partial charge in [-0.1, -0.05) is 33.4 Å². The van der Waals surface area contributed by atoms with Gasteiger partial charge in [-0.15, -0.1) is 0 Å². The molecular weight excluding hydrogens is 252 g/mol. The van der Waals surface area contributed by atoms with Gasteiger partial charge in [0.2, 0.25) is 11.8 Å². The van der Waals surface area contributed by atoms with Gasteiger partial charge < -0.3 is 10.6 Å². The lowest BCUT2D eigenvalue weighted by atomic mass is 10.0. The van der Waals surface area contributed by atoms with E-state index >= 15 is 0 Å². The summed E-state index contributed by atoms with van der Waals surface area (Å²) in [5, 5.41) is 5.65. The van der Waals surface area contributed by atoms with Crippen molar-refractivity contribution in [3.8, 4) is 0 Å². The zero-order valence-electron chi connectivity index (χ0n) is 13.2. The number of hydrogen-bond acceptors (Lipinski definition) is 2. The minimum atomic E-state index is -0.142. The summed E-state index contributed by atoms with van der Waals surface area (Å²) in [6, 6.07) is 0. The minimum Gasteiger partial charge on any atom is -0.353 e. The Bertz CT molecular complexity index is 359. The number of allylic oxidation sites excluding steroid dienone is 1. The molecule has 2 amide bonds. The summed E-state index contributed by atoms with van der Waals surface area (Å²) in [6.45, 7) is 12.8. The van der Waals surface area contributed by atoms with Gasteiger partial charge in [-0.3, -0.25) is 9.59 Å². The largest absolute Gasteiger partial charge is 0.353 e. The summed E-state index contributed by atoms with van der Waals surface area (Å²) in [5.41, 5.74) is 0.757. The van der Waals surface area contributed by atoms with Crippen LogP contribution in [-0.2, 0) is 9.59 Å². The molecule has 4 nitrogen and oxygen atoms in total. The predicted octanol–water partition coefficient (Wildman–Crippen LogP) is 2.42. The van der Waals surface area contributed by atoms with Crippen LogP contribution in [0.25, 0.3) is 0 Å². The lowest BCUT2D eigenvalue weighted by Crippen LogP contribution is -2.28. The van der Waals surface area contributed by atoms with E-state index < -0.39 is 0 Å². The molecular formula is C16H28N2O2. The third-order valence-electron chi connectivity index (χ3n) is 2.98. The Hall–Kier alpha value is -1.58. The van der Waals surface area contributed by atoms with Gasteiger partial charge in [-0.25, -0.2) is 0 Å². The van der Waals surface area contributed by atoms with Gasteiger partial charge in [-0.2, -0.15) is 0 Å². The van der Waals surface area contributed by atoms with E-state index in [0.29, 0.717) is 24.9 Å². The van der Waals surface area contributed by atoms with E-state index in [4.69, 9.17) is 0 Å². The Morgan fingerprint density at radius 3 is 2.40 bits per heavy atom. The van der Waals surface area contributed by atoms with Crippen molar-refractivity contribution in [2.45, 2.75) is 40.5 Å². The summed E-state index contributed by atoms with van der Waals surface area (Å²) in [5.74, 6) is 0.745. The van der Waals surface area contributed by atoms with Gasteiger partial charge in [0, 0.05) is 18.7 Å². The molecule has 0 fully saturated rings. The molecule has 0 bridgehead atoms. The third kappa shape index (κ3) is 9.36. The lowest BCUT2D eigenvalue weighted by Gasteiger charge is -2.11. The highest BCUT2D eigenvalue weighted by Crippen LogP contribution is 2.09. The van der Waals surface area contributed by atoms with Gasteiger partial charge in [0.1, 0.15) is 0 Å². The second-order valence-electron chi connectivity index (χ2n) is 5.62. The fourth-order valence-electron chi connectivity index (χ4n) is 1.54. The molecule has 0 aliphatic carbocycles. The van der Waals surface area contributed by atoms with Gasteiger partial charge in [0.25, 0.3) is 0 Å². The number of hydrogen-bond donors (Lipinski definition) is 2. The standard InChI is InChI=1S/C16H28N2O2/c1-6-15(19)17-10-9-13(4)7-8-14(5)16(20)18-11-12(2)3/h6,8,12-13H,1,7,9-11H2,2-5H3,(H,17,19)(H,18,20)/b14-8+. The average molecular weight is 280 g/mol. The zero-order chi connectivity index (χ0) is 15.5. The van der Waals surface area contributed by atoms with Gasteiger partial charge in [-0.05, 0) is 37.7 Å². The number of carbonyl (C=O) groups excluding carboxylic acids is 2. The molecule has 0 saturated carbocycles. The Morgan fingerprint density at radius 1 is 1.20 bits per heavy atom. The summed E-state index contributed by atoms with van der Waals surface area (Å²) < 4.78 is 0. The first-order valence-electron chi connectivity index (χ1n) is 7.22. The third-order valence-corrected chi connectivity index (χ3v) is 2.98. The van der Waals surface area contributed by atoms with Crippen LogP contribution in [0.1, 0.15) is 40.5 Å². The van der Waals surface area contributed by atoms with Crippen molar-refractivity contribution >= 4 is 11.8 Å². The average Bonchev–Trinajstić information content (AvgIpc) is 2.41. The Balaban J connectivity index is 3.97. The molecule has 0 spiro atoms. The van der Waals surface area contributed by atoms with E-state index in [-0.39, 0.29) is 11.8 Å². The quantitative estimate of drug-likeness (QED) is 0.637. The molecule has 0 rings (SSSR count). The van der Waals surface area contributed by atoms with E-state index in [0.717, 1.165) is 18.4 Å². The molecule has 0 saturated heterocycles. The maximum Gasteiger partial charge on any atom is 0.246 e. The van der Waals surface area contributed by atoms with Crippen molar-refractivity contribution < 1.29 is 9.59 Å². The molecule has 0 aromatic rings. The number of rotatable bonds is 9. The number of carbonyl (C=O) groups is 2. The van der Waals surface area contributed by atoms with E-state index in [1.165, 1.54) is 6.08 Å². The van der Waals surface area contributed by atoms with E-state index in [2.05, 4.69) is 38.0 Å². The van der Waals surface area contributed by atoms with Gasteiger partial charge >= 0.3 is 0 Å². The van der Waals surface area contributed by atoms with Gasteiger partial charge in [0.05, 0.1) is 0 Å². The smallest absolute Gasteiger partial charge is 0.246 e. The maximum atomic E-state index is 11.8. The van der Waals surface area contributed by atoms with Crippen LogP contribution in [0.2, 0.25) is 0 Å². The lowest BCUT2D eigenvalue weighted by molar-refractivity contribution is -0.118. The fraction of sp³-hybridized carbons (Fsp3) is 0.625. The van der Waals surface area contributed by atoms with Crippen LogP contribution in [0.15, 0.2) is 24.3 Å². The molecule has 0 aliphatic heterocycles. The molecule has 0 radical (unpaired) electrons. The molecule has 0 heterocycles. The van der Waals surface area contributed by atoms with E-state index in [9.17, 15) is 9.59 Å². The predicted molar refractivity (Wildman–Crippen MR) is 83.2 cm³/mol. The van der Waals surface area contributed by atoms with Crippen molar-refractivity contribution in [1.82, 2.24) is 10.6 Å². The van der Waals surface area contributed by atoms with Gasteiger partial charge in [0.15, 0.2) is 0 Å². The van der Waals surface area contributed by atoms with Crippen molar-refractivity contribution in [3.63, 3.8) is 0 Å². The molecule has 1 unspecified atom stereocenters. The van der Waals surface area contributed by atoms with Crippen molar-refractivity contribution in [1.29, 1.82) is 0 Å². The molecule has 2 N–H and O–H groups in total. The summed E-state index contributed by atoms with van der Waals surface area (Å²) >= 11 is 0. The van der Waals surface area contributed by atoms with Crippen molar-refractivity contribution in [2.75, 3.05) is 13.1 Å². The monoisotopic (exact) mass is 280 g/mol.